The molecule has 0 atom stereocenters. The van der Waals surface area contributed by atoms with Crippen molar-refractivity contribution < 1.29 is 9.15 Å². The van der Waals surface area contributed by atoms with Gasteiger partial charge in [0.2, 0.25) is 0 Å². The van der Waals surface area contributed by atoms with Crippen molar-refractivity contribution in [3.8, 4) is 5.75 Å². The molecule has 1 aromatic carbocycles. The summed E-state index contributed by atoms with van der Waals surface area (Å²) >= 11 is 0. The minimum absolute atomic E-state index is 0.0372. The van der Waals surface area contributed by atoms with Crippen LogP contribution in [0.1, 0.15) is 13.8 Å². The number of benzene rings is 1. The molecule has 0 N–H and O–H groups in total. The summed E-state index contributed by atoms with van der Waals surface area (Å²) in [5, 5.41) is 0.825. The second-order valence-corrected chi connectivity index (χ2v) is 3.59. The lowest BCUT2D eigenvalue weighted by atomic mass is 10.2. The van der Waals surface area contributed by atoms with Gasteiger partial charge in [0.15, 0.2) is 0 Å². The fraction of sp³-hybridized carbons (Fsp3) is 0.250. The Labute approximate surface area is 87.3 Å². The highest BCUT2D eigenvalue weighted by Crippen LogP contribution is 2.23. The van der Waals surface area contributed by atoms with Gasteiger partial charge in [-0.1, -0.05) is 12.1 Å². The molecule has 1 heterocycles. The SMILES string of the molecule is CC(C)Oc1cc(=O)oc2ccccc12. The Kier molecular flexibility index (Phi) is 2.46. The van der Waals surface area contributed by atoms with Crippen molar-refractivity contribution in [2.75, 3.05) is 0 Å². The third kappa shape index (κ3) is 2.01. The maximum atomic E-state index is 11.2. The van der Waals surface area contributed by atoms with Gasteiger partial charge in [0.05, 0.1) is 17.6 Å². The lowest BCUT2D eigenvalue weighted by Crippen LogP contribution is -2.08. The Balaban J connectivity index is 2.66. The first kappa shape index (κ1) is 9.77. The molecule has 0 saturated carbocycles. The molecule has 0 radical (unpaired) electrons. The molecular weight excluding hydrogens is 192 g/mol. The summed E-state index contributed by atoms with van der Waals surface area (Å²) in [6.07, 6.45) is 0.0372. The molecule has 0 amide bonds. The van der Waals surface area contributed by atoms with Crippen LogP contribution in [0.3, 0.4) is 0 Å². The molecule has 0 unspecified atom stereocenters. The lowest BCUT2D eigenvalue weighted by molar-refractivity contribution is 0.244. The second kappa shape index (κ2) is 3.77. The van der Waals surface area contributed by atoms with Gasteiger partial charge in [-0.15, -0.1) is 0 Å². The van der Waals surface area contributed by atoms with Crippen LogP contribution in [0, 0.1) is 0 Å². The normalized spacial score (nSPS) is 10.9. The van der Waals surface area contributed by atoms with Crippen LogP contribution in [-0.4, -0.2) is 6.10 Å². The second-order valence-electron chi connectivity index (χ2n) is 3.59. The van der Waals surface area contributed by atoms with Crippen LogP contribution >= 0.6 is 0 Å². The number of rotatable bonds is 2. The highest BCUT2D eigenvalue weighted by Gasteiger charge is 2.06. The van der Waals surface area contributed by atoms with Crippen LogP contribution < -0.4 is 10.4 Å². The molecule has 2 aromatic rings. The molecule has 0 aliphatic carbocycles. The largest absolute Gasteiger partial charge is 0.490 e. The van der Waals surface area contributed by atoms with Gasteiger partial charge in [0.1, 0.15) is 11.3 Å². The molecule has 0 spiro atoms. The Hall–Kier alpha value is -1.77. The smallest absolute Gasteiger partial charge is 0.339 e. The monoisotopic (exact) mass is 204 g/mol. The van der Waals surface area contributed by atoms with Crippen LogP contribution in [0.25, 0.3) is 11.0 Å². The van der Waals surface area contributed by atoms with E-state index >= 15 is 0 Å². The number of ether oxygens (including phenoxy) is 1. The van der Waals surface area contributed by atoms with Crippen molar-refractivity contribution in [3.05, 3.63) is 40.8 Å². The molecule has 3 nitrogen and oxygen atoms in total. The van der Waals surface area contributed by atoms with E-state index < -0.39 is 0 Å². The lowest BCUT2D eigenvalue weighted by Gasteiger charge is -2.10. The van der Waals surface area contributed by atoms with Crippen molar-refractivity contribution in [3.63, 3.8) is 0 Å². The predicted octanol–water partition coefficient (Wildman–Crippen LogP) is 2.58. The van der Waals surface area contributed by atoms with E-state index in [0.29, 0.717) is 11.3 Å². The van der Waals surface area contributed by atoms with Crippen LogP contribution in [-0.2, 0) is 0 Å². The molecular formula is C12H12O3. The molecule has 15 heavy (non-hydrogen) atoms. The molecule has 78 valence electrons. The van der Waals surface area contributed by atoms with Crippen molar-refractivity contribution in [1.29, 1.82) is 0 Å². The van der Waals surface area contributed by atoms with E-state index in [1.54, 1.807) is 6.07 Å². The van der Waals surface area contributed by atoms with E-state index in [2.05, 4.69) is 0 Å². The summed E-state index contributed by atoms with van der Waals surface area (Å²) in [4.78, 5) is 11.2. The van der Waals surface area contributed by atoms with E-state index in [1.165, 1.54) is 6.07 Å². The van der Waals surface area contributed by atoms with Gasteiger partial charge in [-0.2, -0.15) is 0 Å². The standard InChI is InChI=1S/C12H12O3/c1-8(2)14-11-7-12(13)15-10-6-4-3-5-9(10)11/h3-8H,1-2H3. The summed E-state index contributed by atoms with van der Waals surface area (Å²) in [5.41, 5.74) is 0.171. The van der Waals surface area contributed by atoms with E-state index in [9.17, 15) is 4.79 Å². The number of para-hydroxylation sites is 1. The summed E-state index contributed by atoms with van der Waals surface area (Å²) in [5.74, 6) is 0.580. The average Bonchev–Trinajstić information content (AvgIpc) is 2.16. The molecule has 0 aliphatic rings. The molecule has 2 rings (SSSR count). The Morgan fingerprint density at radius 1 is 1.27 bits per heavy atom. The van der Waals surface area contributed by atoms with Crippen molar-refractivity contribution in [2.45, 2.75) is 20.0 Å². The maximum Gasteiger partial charge on any atom is 0.339 e. The zero-order valence-corrected chi connectivity index (χ0v) is 8.69. The molecule has 1 aromatic heterocycles. The van der Waals surface area contributed by atoms with Crippen LogP contribution in [0.4, 0.5) is 0 Å². The average molecular weight is 204 g/mol. The summed E-state index contributed by atoms with van der Waals surface area (Å²) in [6, 6.07) is 8.71. The third-order valence-electron chi connectivity index (χ3n) is 1.97. The van der Waals surface area contributed by atoms with Crippen LogP contribution in [0.5, 0.6) is 5.75 Å². The first-order valence-corrected chi connectivity index (χ1v) is 4.86. The van der Waals surface area contributed by atoms with E-state index in [1.807, 2.05) is 32.0 Å². The number of hydrogen-bond acceptors (Lipinski definition) is 3. The maximum absolute atomic E-state index is 11.2. The van der Waals surface area contributed by atoms with Crippen molar-refractivity contribution >= 4 is 11.0 Å². The van der Waals surface area contributed by atoms with Crippen LogP contribution in [0.15, 0.2) is 39.5 Å². The summed E-state index contributed by atoms with van der Waals surface area (Å²) in [7, 11) is 0. The summed E-state index contributed by atoms with van der Waals surface area (Å²) < 4.78 is 10.6. The van der Waals surface area contributed by atoms with Gasteiger partial charge in [0.25, 0.3) is 0 Å². The summed E-state index contributed by atoms with van der Waals surface area (Å²) in [6.45, 7) is 3.84. The Morgan fingerprint density at radius 3 is 2.73 bits per heavy atom. The minimum Gasteiger partial charge on any atom is -0.490 e. The topological polar surface area (TPSA) is 39.4 Å². The zero-order chi connectivity index (χ0) is 10.8. The van der Waals surface area contributed by atoms with Gasteiger partial charge in [-0.05, 0) is 26.0 Å². The van der Waals surface area contributed by atoms with Gasteiger partial charge >= 0.3 is 5.63 Å². The molecule has 0 fully saturated rings. The van der Waals surface area contributed by atoms with E-state index in [4.69, 9.17) is 9.15 Å². The highest BCUT2D eigenvalue weighted by atomic mass is 16.5. The number of fused-ring (bicyclic) bond motifs is 1. The Morgan fingerprint density at radius 2 is 2.00 bits per heavy atom. The fourth-order valence-corrected chi connectivity index (χ4v) is 1.43. The molecule has 3 heteroatoms. The van der Waals surface area contributed by atoms with Crippen molar-refractivity contribution in [1.82, 2.24) is 0 Å². The van der Waals surface area contributed by atoms with Gasteiger partial charge in [0, 0.05) is 0 Å². The first-order valence-electron chi connectivity index (χ1n) is 4.86. The van der Waals surface area contributed by atoms with Crippen molar-refractivity contribution in [2.24, 2.45) is 0 Å². The molecule has 0 saturated heterocycles. The van der Waals surface area contributed by atoms with Gasteiger partial charge in [-0.3, -0.25) is 0 Å². The number of hydrogen-bond donors (Lipinski definition) is 0. The first-order chi connectivity index (χ1) is 7.16. The Bertz CT molecular complexity index is 526. The fourth-order valence-electron chi connectivity index (χ4n) is 1.43. The van der Waals surface area contributed by atoms with Gasteiger partial charge in [-0.25, -0.2) is 4.79 Å². The minimum atomic E-state index is -0.385. The highest BCUT2D eigenvalue weighted by molar-refractivity contribution is 5.82. The third-order valence-corrected chi connectivity index (χ3v) is 1.97. The van der Waals surface area contributed by atoms with E-state index in [-0.39, 0.29) is 11.7 Å². The van der Waals surface area contributed by atoms with Crippen LogP contribution in [0.2, 0.25) is 0 Å². The predicted molar refractivity (Wildman–Crippen MR) is 58.2 cm³/mol. The quantitative estimate of drug-likeness (QED) is 0.706. The van der Waals surface area contributed by atoms with E-state index in [0.717, 1.165) is 5.39 Å². The van der Waals surface area contributed by atoms with Gasteiger partial charge < -0.3 is 9.15 Å². The molecule has 0 bridgehead atoms. The molecule has 0 aliphatic heterocycles. The zero-order valence-electron chi connectivity index (χ0n) is 8.69.